The molecule has 118 valence electrons. The third-order valence-corrected chi connectivity index (χ3v) is 5.86. The van der Waals surface area contributed by atoms with Gasteiger partial charge in [0.05, 0.1) is 0 Å². The van der Waals surface area contributed by atoms with Gasteiger partial charge in [-0.2, -0.15) is 0 Å². The van der Waals surface area contributed by atoms with E-state index in [2.05, 4.69) is 14.9 Å². The second-order valence-corrected chi connectivity index (χ2v) is 7.64. The first-order chi connectivity index (χ1) is 8.58. The van der Waals surface area contributed by atoms with Crippen LogP contribution in [0.15, 0.2) is 16.3 Å². The van der Waals surface area contributed by atoms with Gasteiger partial charge in [0.15, 0.2) is 0 Å². The molecular formula is C11H21Cl2N3O2S2. The van der Waals surface area contributed by atoms with Crippen molar-refractivity contribution in [2.24, 2.45) is 0 Å². The fourth-order valence-corrected chi connectivity index (χ4v) is 4.25. The zero-order valence-electron chi connectivity index (χ0n) is 11.3. The number of aryl methyl sites for hydroxylation is 1. The van der Waals surface area contributed by atoms with Gasteiger partial charge in [-0.05, 0) is 19.1 Å². The third-order valence-electron chi connectivity index (χ3n) is 2.91. The number of nitrogens with zero attached hydrogens (tertiary/aromatic N) is 1. The Morgan fingerprint density at radius 2 is 1.95 bits per heavy atom. The average Bonchev–Trinajstić information content (AvgIpc) is 2.78. The van der Waals surface area contributed by atoms with Crippen molar-refractivity contribution in [1.82, 2.24) is 14.9 Å². The number of rotatable bonds is 5. The summed E-state index contributed by atoms with van der Waals surface area (Å²) < 4.78 is 27.0. The maximum atomic E-state index is 12.0. The van der Waals surface area contributed by atoms with Gasteiger partial charge < -0.3 is 5.32 Å². The molecule has 0 atom stereocenters. The zero-order valence-corrected chi connectivity index (χ0v) is 14.6. The van der Waals surface area contributed by atoms with Crippen LogP contribution in [0.25, 0.3) is 0 Å². The summed E-state index contributed by atoms with van der Waals surface area (Å²) in [5.41, 5.74) is 0. The maximum Gasteiger partial charge on any atom is 0.250 e. The van der Waals surface area contributed by atoms with E-state index in [1.165, 1.54) is 11.3 Å². The number of hydrogen-bond donors (Lipinski definition) is 2. The smallest absolute Gasteiger partial charge is 0.250 e. The van der Waals surface area contributed by atoms with Gasteiger partial charge in [0.2, 0.25) is 10.0 Å². The lowest BCUT2D eigenvalue weighted by molar-refractivity contribution is 0.245. The Balaban J connectivity index is 0.00000180. The summed E-state index contributed by atoms with van der Waals surface area (Å²) in [7, 11) is -3.31. The van der Waals surface area contributed by atoms with Gasteiger partial charge in [0.25, 0.3) is 0 Å². The molecule has 2 heterocycles. The van der Waals surface area contributed by atoms with Crippen LogP contribution in [0.3, 0.4) is 0 Å². The van der Waals surface area contributed by atoms with Gasteiger partial charge in [-0.15, -0.1) is 36.2 Å². The zero-order chi connectivity index (χ0) is 13.0. The molecule has 0 aliphatic carbocycles. The number of nitrogens with one attached hydrogen (secondary N) is 2. The molecule has 0 bridgehead atoms. The fraction of sp³-hybridized carbons (Fsp3) is 0.636. The normalized spacial score (nSPS) is 16.2. The van der Waals surface area contributed by atoms with Gasteiger partial charge in [0.1, 0.15) is 4.21 Å². The standard InChI is InChI=1S/C11H19N3O2S2.2ClH/c1-10-2-3-11(17-10)18(15,16)13-6-9-14-7-4-12-5-8-14;;/h2-3,12-13H,4-9H2,1H3;2*1H. The van der Waals surface area contributed by atoms with E-state index >= 15 is 0 Å². The van der Waals surface area contributed by atoms with E-state index < -0.39 is 10.0 Å². The second-order valence-electron chi connectivity index (χ2n) is 4.35. The molecule has 1 fully saturated rings. The molecule has 1 saturated heterocycles. The van der Waals surface area contributed by atoms with Gasteiger partial charge in [-0.25, -0.2) is 13.1 Å². The molecule has 0 spiro atoms. The first-order valence-corrected chi connectivity index (χ1v) is 8.37. The highest BCUT2D eigenvalue weighted by atomic mass is 35.5. The first kappa shape index (κ1) is 20.1. The minimum atomic E-state index is -3.31. The summed E-state index contributed by atoms with van der Waals surface area (Å²) in [4.78, 5) is 3.27. The van der Waals surface area contributed by atoms with E-state index in [1.807, 2.05) is 13.0 Å². The topological polar surface area (TPSA) is 61.4 Å². The molecule has 0 unspecified atom stereocenters. The predicted octanol–water partition coefficient (Wildman–Crippen LogP) is 1.08. The SMILES string of the molecule is Cc1ccc(S(=O)(=O)NCCN2CCNCC2)s1.Cl.Cl. The highest BCUT2D eigenvalue weighted by Gasteiger charge is 2.16. The largest absolute Gasteiger partial charge is 0.314 e. The van der Waals surface area contributed by atoms with Crippen LogP contribution >= 0.6 is 36.2 Å². The number of thiophene rings is 1. The van der Waals surface area contributed by atoms with Crippen molar-refractivity contribution in [3.05, 3.63) is 17.0 Å². The number of halogens is 2. The van der Waals surface area contributed by atoms with Crippen LogP contribution in [0.2, 0.25) is 0 Å². The van der Waals surface area contributed by atoms with Crippen LogP contribution in [0, 0.1) is 6.92 Å². The molecule has 1 aromatic rings. The van der Waals surface area contributed by atoms with Gasteiger partial charge >= 0.3 is 0 Å². The second kappa shape index (κ2) is 9.19. The quantitative estimate of drug-likeness (QED) is 0.823. The van der Waals surface area contributed by atoms with E-state index in [1.54, 1.807) is 6.07 Å². The van der Waals surface area contributed by atoms with Gasteiger partial charge in [-0.3, -0.25) is 4.90 Å². The molecule has 2 N–H and O–H groups in total. The average molecular weight is 362 g/mol. The summed E-state index contributed by atoms with van der Waals surface area (Å²) in [6.45, 7) is 7.09. The molecule has 20 heavy (non-hydrogen) atoms. The Hall–Kier alpha value is 0.110. The molecular weight excluding hydrogens is 341 g/mol. The third kappa shape index (κ3) is 5.85. The summed E-state index contributed by atoms with van der Waals surface area (Å²) in [5, 5.41) is 3.27. The van der Waals surface area contributed by atoms with Crippen molar-refractivity contribution in [3.8, 4) is 0 Å². The Bertz CT molecular complexity index is 488. The van der Waals surface area contributed by atoms with Crippen LogP contribution in [-0.4, -0.2) is 52.6 Å². The van der Waals surface area contributed by atoms with Gasteiger partial charge in [-0.1, -0.05) is 0 Å². The highest BCUT2D eigenvalue weighted by Crippen LogP contribution is 2.19. The van der Waals surface area contributed by atoms with E-state index in [4.69, 9.17) is 0 Å². The monoisotopic (exact) mass is 361 g/mol. The Labute approximate surface area is 137 Å². The lowest BCUT2D eigenvalue weighted by atomic mass is 10.3. The Kier molecular flexibility index (Phi) is 9.24. The van der Waals surface area contributed by atoms with Crippen molar-refractivity contribution in [2.45, 2.75) is 11.1 Å². The molecule has 5 nitrogen and oxygen atoms in total. The maximum absolute atomic E-state index is 12.0. The van der Waals surface area contributed by atoms with Crippen LogP contribution in [-0.2, 0) is 10.0 Å². The number of hydrogen-bond acceptors (Lipinski definition) is 5. The van der Waals surface area contributed by atoms with Crippen LogP contribution in [0.1, 0.15) is 4.88 Å². The first-order valence-electron chi connectivity index (χ1n) is 6.07. The lowest BCUT2D eigenvalue weighted by Crippen LogP contribution is -2.46. The van der Waals surface area contributed by atoms with Crippen molar-refractivity contribution in [1.29, 1.82) is 0 Å². The summed E-state index contributed by atoms with van der Waals surface area (Å²) in [5.74, 6) is 0. The Morgan fingerprint density at radius 1 is 1.30 bits per heavy atom. The van der Waals surface area contributed by atoms with Crippen LogP contribution in [0.4, 0.5) is 0 Å². The van der Waals surface area contributed by atoms with Crippen molar-refractivity contribution in [3.63, 3.8) is 0 Å². The molecule has 0 radical (unpaired) electrons. The molecule has 0 amide bonds. The summed E-state index contributed by atoms with van der Waals surface area (Å²) in [6.07, 6.45) is 0. The van der Waals surface area contributed by atoms with Gasteiger partial charge in [0, 0.05) is 44.1 Å². The fourth-order valence-electron chi connectivity index (χ4n) is 1.90. The molecule has 0 saturated carbocycles. The molecule has 1 aliphatic rings. The molecule has 9 heteroatoms. The number of sulfonamides is 1. The molecule has 1 aromatic heterocycles. The van der Waals surface area contributed by atoms with E-state index in [0.29, 0.717) is 10.8 Å². The summed E-state index contributed by atoms with van der Waals surface area (Å²) in [6, 6.07) is 3.49. The predicted molar refractivity (Wildman–Crippen MR) is 88.1 cm³/mol. The molecule has 2 rings (SSSR count). The number of piperazine rings is 1. The van der Waals surface area contributed by atoms with Crippen molar-refractivity contribution < 1.29 is 8.42 Å². The van der Waals surface area contributed by atoms with Crippen molar-refractivity contribution in [2.75, 3.05) is 39.3 Å². The van der Waals surface area contributed by atoms with Crippen LogP contribution < -0.4 is 10.0 Å². The van der Waals surface area contributed by atoms with Crippen molar-refractivity contribution >= 4 is 46.2 Å². The van der Waals surface area contributed by atoms with E-state index in [-0.39, 0.29) is 24.8 Å². The summed E-state index contributed by atoms with van der Waals surface area (Å²) >= 11 is 1.31. The minimum absolute atomic E-state index is 0. The molecule has 1 aliphatic heterocycles. The molecule has 0 aromatic carbocycles. The lowest BCUT2D eigenvalue weighted by Gasteiger charge is -2.26. The van der Waals surface area contributed by atoms with Crippen LogP contribution in [0.5, 0.6) is 0 Å². The Morgan fingerprint density at radius 3 is 2.50 bits per heavy atom. The van der Waals surface area contributed by atoms with E-state index in [0.717, 1.165) is 37.6 Å². The highest BCUT2D eigenvalue weighted by molar-refractivity contribution is 7.91. The minimum Gasteiger partial charge on any atom is -0.314 e. The van der Waals surface area contributed by atoms with E-state index in [9.17, 15) is 8.42 Å².